The van der Waals surface area contributed by atoms with Crippen LogP contribution >= 0.6 is 11.6 Å². The zero-order valence-electron chi connectivity index (χ0n) is 14.5. The van der Waals surface area contributed by atoms with Crippen molar-refractivity contribution in [2.24, 2.45) is 5.92 Å². The third-order valence-corrected chi connectivity index (χ3v) is 4.36. The first-order valence-corrected chi connectivity index (χ1v) is 8.43. The van der Waals surface area contributed by atoms with Crippen LogP contribution in [0.1, 0.15) is 18.9 Å². The molecular weight excluding hydrogens is 362 g/mol. The molecular formula is C17H20ClN3O5. The van der Waals surface area contributed by atoms with Crippen molar-refractivity contribution in [2.45, 2.75) is 26.0 Å². The minimum absolute atomic E-state index is 0.00701. The first kappa shape index (κ1) is 19.7. The van der Waals surface area contributed by atoms with E-state index in [1.165, 1.54) is 18.9 Å². The molecule has 2 N–H and O–H groups in total. The van der Waals surface area contributed by atoms with Gasteiger partial charge in [-0.15, -0.1) is 0 Å². The van der Waals surface area contributed by atoms with Gasteiger partial charge < -0.3 is 15.0 Å². The maximum atomic E-state index is 12.2. The highest BCUT2D eigenvalue weighted by Crippen LogP contribution is 2.24. The molecule has 4 amide bonds. The van der Waals surface area contributed by atoms with E-state index < -0.39 is 29.9 Å². The van der Waals surface area contributed by atoms with Crippen molar-refractivity contribution in [2.75, 3.05) is 13.6 Å². The summed E-state index contributed by atoms with van der Waals surface area (Å²) in [5.74, 6) is -2.25. The Kier molecular flexibility index (Phi) is 6.57. The monoisotopic (exact) mass is 381 g/mol. The van der Waals surface area contributed by atoms with Gasteiger partial charge in [-0.25, -0.2) is 4.79 Å². The van der Waals surface area contributed by atoms with Crippen LogP contribution in [-0.2, 0) is 25.7 Å². The number of nitrogens with zero attached hydrogens (tertiary/aromatic N) is 1. The molecule has 8 nitrogen and oxygen atoms in total. The molecule has 0 radical (unpaired) electrons. The summed E-state index contributed by atoms with van der Waals surface area (Å²) in [6, 6.07) is 6.46. The smallest absolute Gasteiger partial charge is 0.321 e. The normalized spacial score (nSPS) is 17.6. The van der Waals surface area contributed by atoms with Gasteiger partial charge in [-0.2, -0.15) is 0 Å². The van der Waals surface area contributed by atoms with E-state index in [-0.39, 0.29) is 18.9 Å². The lowest BCUT2D eigenvalue weighted by Gasteiger charge is -2.18. The van der Waals surface area contributed by atoms with Gasteiger partial charge in [0.25, 0.3) is 5.91 Å². The predicted molar refractivity (Wildman–Crippen MR) is 93.1 cm³/mol. The number of likely N-dealkylation sites (tertiary alicyclic amines) is 1. The van der Waals surface area contributed by atoms with Gasteiger partial charge in [-0.3, -0.25) is 19.7 Å². The summed E-state index contributed by atoms with van der Waals surface area (Å²) < 4.78 is 5.08. The highest BCUT2D eigenvalue weighted by molar-refractivity contribution is 6.31. The third kappa shape index (κ3) is 4.95. The van der Waals surface area contributed by atoms with Crippen molar-refractivity contribution in [1.29, 1.82) is 0 Å². The second-order valence-electron chi connectivity index (χ2n) is 5.91. The Hall–Kier alpha value is -2.61. The Morgan fingerprint density at radius 2 is 2.04 bits per heavy atom. The number of halogens is 1. The summed E-state index contributed by atoms with van der Waals surface area (Å²) in [7, 11) is 1.36. The Bertz CT molecular complexity index is 724. The van der Waals surface area contributed by atoms with E-state index in [2.05, 4.69) is 5.32 Å². The number of nitrogens with one attached hydrogen (secondary N) is 2. The van der Waals surface area contributed by atoms with Crippen molar-refractivity contribution >= 4 is 35.4 Å². The largest absolute Gasteiger partial charge is 0.452 e. The Morgan fingerprint density at radius 3 is 2.69 bits per heavy atom. The topological polar surface area (TPSA) is 105 Å². The van der Waals surface area contributed by atoms with E-state index in [9.17, 15) is 19.2 Å². The average Bonchev–Trinajstić information content (AvgIpc) is 2.97. The number of amides is 4. The maximum Gasteiger partial charge on any atom is 0.321 e. The van der Waals surface area contributed by atoms with Crippen molar-refractivity contribution < 1.29 is 23.9 Å². The van der Waals surface area contributed by atoms with Crippen LogP contribution in [0.3, 0.4) is 0 Å². The van der Waals surface area contributed by atoms with Crippen LogP contribution in [0.25, 0.3) is 0 Å². The fraction of sp³-hybridized carbons (Fsp3) is 0.412. The minimum atomic E-state index is -1.15. The number of rotatable bonds is 5. The molecule has 1 saturated heterocycles. The molecule has 1 aromatic rings. The number of carbonyl (C=O) groups is 4. The fourth-order valence-corrected chi connectivity index (χ4v) is 2.71. The predicted octanol–water partition coefficient (Wildman–Crippen LogP) is 1.08. The second-order valence-corrected chi connectivity index (χ2v) is 6.32. The standard InChI is InChI=1S/C17H20ClN3O5/c1-10(15(23)20-17(25)19-2)26-16(24)12-7-14(22)21(9-12)8-11-5-3-4-6-13(11)18/h3-6,10,12H,7-9H2,1-2H3,(H2,19,20,23,25)/t10-,12-/m0/s1. The molecule has 0 saturated carbocycles. The molecule has 0 aliphatic carbocycles. The van der Waals surface area contributed by atoms with E-state index in [4.69, 9.17) is 16.3 Å². The molecule has 140 valence electrons. The molecule has 9 heteroatoms. The van der Waals surface area contributed by atoms with Gasteiger partial charge in [-0.1, -0.05) is 29.8 Å². The maximum absolute atomic E-state index is 12.2. The number of hydrogen-bond donors (Lipinski definition) is 2. The Balaban J connectivity index is 1.91. The van der Waals surface area contributed by atoms with Gasteiger partial charge in [0.1, 0.15) is 0 Å². The molecule has 0 aromatic heterocycles. The number of imide groups is 1. The van der Waals surface area contributed by atoms with Gasteiger partial charge in [0.2, 0.25) is 5.91 Å². The Labute approximate surface area is 155 Å². The first-order valence-electron chi connectivity index (χ1n) is 8.06. The van der Waals surface area contributed by atoms with Gasteiger partial charge in [0, 0.05) is 31.6 Å². The van der Waals surface area contributed by atoms with Gasteiger partial charge in [-0.05, 0) is 18.6 Å². The highest BCUT2D eigenvalue weighted by Gasteiger charge is 2.36. The summed E-state index contributed by atoms with van der Waals surface area (Å²) in [5.41, 5.74) is 0.787. The minimum Gasteiger partial charge on any atom is -0.452 e. The molecule has 26 heavy (non-hydrogen) atoms. The van der Waals surface area contributed by atoms with Crippen molar-refractivity contribution in [3.63, 3.8) is 0 Å². The number of hydrogen-bond acceptors (Lipinski definition) is 5. The van der Waals surface area contributed by atoms with E-state index in [0.717, 1.165) is 5.56 Å². The third-order valence-electron chi connectivity index (χ3n) is 3.99. The molecule has 0 bridgehead atoms. The number of benzene rings is 1. The molecule has 1 aliphatic heterocycles. The number of carbonyl (C=O) groups excluding carboxylic acids is 4. The fourth-order valence-electron chi connectivity index (χ4n) is 2.52. The summed E-state index contributed by atoms with van der Waals surface area (Å²) in [5, 5.41) is 4.80. The van der Waals surface area contributed by atoms with Crippen molar-refractivity contribution in [3.05, 3.63) is 34.9 Å². The van der Waals surface area contributed by atoms with E-state index in [1.54, 1.807) is 12.1 Å². The molecule has 1 fully saturated rings. The first-order chi connectivity index (χ1) is 12.3. The molecule has 1 aromatic carbocycles. The second kappa shape index (κ2) is 8.66. The molecule has 0 unspecified atom stereocenters. The van der Waals surface area contributed by atoms with Gasteiger partial charge in [0.05, 0.1) is 5.92 Å². The number of esters is 1. The van der Waals surface area contributed by atoms with Crippen LogP contribution in [-0.4, -0.2) is 48.4 Å². The van der Waals surface area contributed by atoms with E-state index in [1.807, 2.05) is 17.4 Å². The highest BCUT2D eigenvalue weighted by atomic mass is 35.5. The molecule has 1 heterocycles. The summed E-state index contributed by atoms with van der Waals surface area (Å²) in [6.07, 6.45) is -1.14. The Morgan fingerprint density at radius 1 is 1.35 bits per heavy atom. The SMILES string of the molecule is CNC(=O)NC(=O)[C@H](C)OC(=O)[C@H]1CC(=O)N(Cc2ccccc2Cl)C1. The van der Waals surface area contributed by atoms with Crippen molar-refractivity contribution in [3.8, 4) is 0 Å². The van der Waals surface area contributed by atoms with E-state index in [0.29, 0.717) is 11.6 Å². The average molecular weight is 382 g/mol. The molecule has 1 aliphatic rings. The van der Waals surface area contributed by atoms with Crippen LogP contribution in [0.4, 0.5) is 4.79 Å². The van der Waals surface area contributed by atoms with Crippen LogP contribution in [0, 0.1) is 5.92 Å². The lowest BCUT2D eigenvalue weighted by molar-refractivity contribution is -0.158. The van der Waals surface area contributed by atoms with Crippen LogP contribution in [0.15, 0.2) is 24.3 Å². The number of ether oxygens (including phenoxy) is 1. The molecule has 2 rings (SSSR count). The van der Waals surface area contributed by atoms with E-state index >= 15 is 0 Å². The quantitative estimate of drug-likeness (QED) is 0.742. The summed E-state index contributed by atoms with van der Waals surface area (Å²) in [6.45, 7) is 1.84. The van der Waals surface area contributed by atoms with Crippen LogP contribution in [0.2, 0.25) is 5.02 Å². The lowest BCUT2D eigenvalue weighted by atomic mass is 10.1. The summed E-state index contributed by atoms with van der Waals surface area (Å²) >= 11 is 6.10. The zero-order chi connectivity index (χ0) is 19.3. The van der Waals surface area contributed by atoms with Gasteiger partial charge >= 0.3 is 12.0 Å². The molecule has 0 spiro atoms. The molecule has 2 atom stereocenters. The number of urea groups is 1. The lowest BCUT2D eigenvalue weighted by Crippen LogP contribution is -2.44. The van der Waals surface area contributed by atoms with Crippen LogP contribution in [0.5, 0.6) is 0 Å². The summed E-state index contributed by atoms with van der Waals surface area (Å²) in [4.78, 5) is 48.7. The van der Waals surface area contributed by atoms with Crippen LogP contribution < -0.4 is 10.6 Å². The zero-order valence-corrected chi connectivity index (χ0v) is 15.2. The van der Waals surface area contributed by atoms with Gasteiger partial charge in [0.15, 0.2) is 6.10 Å². The van der Waals surface area contributed by atoms with Crippen molar-refractivity contribution in [1.82, 2.24) is 15.5 Å².